The molecule has 0 unspecified atom stereocenters. The van der Waals surface area contributed by atoms with E-state index in [4.69, 9.17) is 14.2 Å². The third-order valence-electron chi connectivity index (χ3n) is 6.74. The zero-order chi connectivity index (χ0) is 24.5. The van der Waals surface area contributed by atoms with Crippen LogP contribution in [0.15, 0.2) is 60.7 Å². The largest absolute Gasteiger partial charge is 0.494 e. The highest BCUT2D eigenvalue weighted by atomic mass is 16.5. The molecule has 5 rings (SSSR count). The molecule has 3 aromatic rings. The minimum absolute atomic E-state index is 0.0591. The van der Waals surface area contributed by atoms with E-state index >= 15 is 0 Å². The summed E-state index contributed by atoms with van der Waals surface area (Å²) in [5.41, 5.74) is 3.92. The number of nitrogens with zero attached hydrogens (tertiary/aromatic N) is 1. The summed E-state index contributed by atoms with van der Waals surface area (Å²) < 4.78 is 16.6. The first-order valence-electron chi connectivity index (χ1n) is 11.7. The van der Waals surface area contributed by atoms with Gasteiger partial charge in [-0.2, -0.15) is 0 Å². The van der Waals surface area contributed by atoms with Crippen LogP contribution < -0.4 is 19.5 Å². The Morgan fingerprint density at radius 2 is 1.71 bits per heavy atom. The molecule has 2 heterocycles. The molecule has 0 fully saturated rings. The zero-order valence-corrected chi connectivity index (χ0v) is 20.0. The normalized spacial score (nSPS) is 18.1. The number of hydrogen-bond donors (Lipinski definition) is 1. The van der Waals surface area contributed by atoms with Crippen LogP contribution in [0, 0.1) is 0 Å². The lowest BCUT2D eigenvalue weighted by Crippen LogP contribution is -2.49. The fourth-order valence-corrected chi connectivity index (χ4v) is 5.16. The first-order chi connectivity index (χ1) is 17.0. The van der Waals surface area contributed by atoms with Crippen LogP contribution in [0.3, 0.4) is 0 Å². The molecular weight excluding hydrogens is 444 g/mol. The standard InChI is InChI=1S/C28H28N2O5/c1-4-35-19-11-9-18(10-12-19)29-27(31)25-20-7-5-6-8-21(20)28(32)30-14-13-17-15-23(33-2)24(34-3)16-22(17)26(25)30/h5-12,15-16,25-26H,4,13-14H2,1-3H3,(H,29,31)/t25-,26+/m0/s1. The van der Waals surface area contributed by atoms with Gasteiger partial charge in [0.05, 0.1) is 32.8 Å². The van der Waals surface area contributed by atoms with Crippen LogP contribution in [0.4, 0.5) is 5.69 Å². The molecule has 2 aliphatic heterocycles. The summed E-state index contributed by atoms with van der Waals surface area (Å²) in [4.78, 5) is 29.2. The molecule has 2 amide bonds. The van der Waals surface area contributed by atoms with E-state index in [1.165, 1.54) is 0 Å². The average molecular weight is 473 g/mol. The Morgan fingerprint density at radius 3 is 2.43 bits per heavy atom. The minimum atomic E-state index is -0.590. The van der Waals surface area contributed by atoms with E-state index in [0.29, 0.717) is 42.3 Å². The molecule has 0 spiro atoms. The smallest absolute Gasteiger partial charge is 0.254 e. The van der Waals surface area contributed by atoms with Crippen LogP contribution in [0.2, 0.25) is 0 Å². The van der Waals surface area contributed by atoms with Crippen molar-refractivity contribution in [1.29, 1.82) is 0 Å². The number of carbonyl (C=O) groups excluding carboxylic acids is 2. The Kier molecular flexibility index (Phi) is 6.07. The molecule has 3 aromatic carbocycles. The van der Waals surface area contributed by atoms with Crippen molar-refractivity contribution in [2.75, 3.05) is 32.7 Å². The van der Waals surface area contributed by atoms with Gasteiger partial charge in [0, 0.05) is 17.8 Å². The number of benzene rings is 3. The average Bonchev–Trinajstić information content (AvgIpc) is 2.89. The van der Waals surface area contributed by atoms with Gasteiger partial charge in [-0.05, 0) is 72.5 Å². The molecule has 2 aliphatic rings. The molecule has 7 nitrogen and oxygen atoms in total. The Morgan fingerprint density at radius 1 is 1.00 bits per heavy atom. The first kappa shape index (κ1) is 22.8. The summed E-state index contributed by atoms with van der Waals surface area (Å²) in [6, 6.07) is 18.1. The number of rotatable bonds is 6. The summed E-state index contributed by atoms with van der Waals surface area (Å²) in [6.45, 7) is 3.02. The Bertz CT molecular complexity index is 1270. The van der Waals surface area contributed by atoms with E-state index in [-0.39, 0.29) is 11.8 Å². The van der Waals surface area contributed by atoms with Gasteiger partial charge in [0.2, 0.25) is 5.91 Å². The minimum Gasteiger partial charge on any atom is -0.494 e. The van der Waals surface area contributed by atoms with Crippen LogP contribution in [-0.4, -0.2) is 44.1 Å². The summed E-state index contributed by atoms with van der Waals surface area (Å²) in [5, 5.41) is 3.06. The molecule has 1 N–H and O–H groups in total. The second-order valence-electron chi connectivity index (χ2n) is 8.61. The number of anilines is 1. The van der Waals surface area contributed by atoms with E-state index in [1.54, 1.807) is 20.3 Å². The monoisotopic (exact) mass is 472 g/mol. The highest BCUT2D eigenvalue weighted by Crippen LogP contribution is 2.48. The quantitative estimate of drug-likeness (QED) is 0.568. The van der Waals surface area contributed by atoms with Crippen molar-refractivity contribution >= 4 is 17.5 Å². The van der Waals surface area contributed by atoms with Gasteiger partial charge in [0.1, 0.15) is 5.75 Å². The number of carbonyl (C=O) groups is 2. The molecule has 0 bridgehead atoms. The number of ether oxygens (including phenoxy) is 3. The van der Waals surface area contributed by atoms with Gasteiger partial charge in [0.15, 0.2) is 11.5 Å². The molecular formula is C28H28N2O5. The fraction of sp³-hybridized carbons (Fsp3) is 0.286. The predicted octanol–water partition coefficient (Wildman–Crippen LogP) is 4.58. The topological polar surface area (TPSA) is 77.1 Å². The molecule has 0 saturated heterocycles. The molecule has 0 saturated carbocycles. The van der Waals surface area contributed by atoms with Gasteiger partial charge < -0.3 is 24.4 Å². The maximum absolute atomic E-state index is 13.9. The summed E-state index contributed by atoms with van der Waals surface area (Å²) in [7, 11) is 3.19. The van der Waals surface area contributed by atoms with Crippen molar-refractivity contribution in [3.05, 3.63) is 82.9 Å². The van der Waals surface area contributed by atoms with Crippen LogP contribution in [0.25, 0.3) is 0 Å². The number of hydrogen-bond acceptors (Lipinski definition) is 5. The van der Waals surface area contributed by atoms with Crippen molar-refractivity contribution in [1.82, 2.24) is 4.90 Å². The zero-order valence-electron chi connectivity index (χ0n) is 20.0. The van der Waals surface area contributed by atoms with Crippen LogP contribution in [0.1, 0.15) is 45.9 Å². The third-order valence-corrected chi connectivity index (χ3v) is 6.74. The van der Waals surface area contributed by atoms with Crippen molar-refractivity contribution in [2.45, 2.75) is 25.3 Å². The lowest BCUT2D eigenvalue weighted by molar-refractivity contribution is -0.119. The maximum atomic E-state index is 13.9. The van der Waals surface area contributed by atoms with E-state index < -0.39 is 12.0 Å². The van der Waals surface area contributed by atoms with Gasteiger partial charge in [-0.1, -0.05) is 18.2 Å². The van der Waals surface area contributed by atoms with Gasteiger partial charge in [-0.15, -0.1) is 0 Å². The summed E-state index contributed by atoms with van der Waals surface area (Å²) in [5.74, 6) is 1.13. The predicted molar refractivity (Wildman–Crippen MR) is 132 cm³/mol. The highest BCUT2D eigenvalue weighted by Gasteiger charge is 2.46. The number of amides is 2. The number of nitrogens with one attached hydrogen (secondary N) is 1. The van der Waals surface area contributed by atoms with E-state index in [9.17, 15) is 9.59 Å². The Hall–Kier alpha value is -4.00. The van der Waals surface area contributed by atoms with Gasteiger partial charge in [-0.25, -0.2) is 0 Å². The van der Waals surface area contributed by atoms with Crippen LogP contribution in [0.5, 0.6) is 17.2 Å². The van der Waals surface area contributed by atoms with Crippen molar-refractivity contribution in [2.24, 2.45) is 0 Å². The summed E-state index contributed by atoms with van der Waals surface area (Å²) in [6.07, 6.45) is 0.674. The van der Waals surface area contributed by atoms with E-state index in [2.05, 4.69) is 5.32 Å². The molecule has 180 valence electrons. The Balaban J connectivity index is 1.59. The van der Waals surface area contributed by atoms with E-state index in [0.717, 1.165) is 22.4 Å². The molecule has 0 aromatic heterocycles. The number of methoxy groups -OCH3 is 2. The molecule has 0 radical (unpaired) electrons. The first-order valence-corrected chi connectivity index (χ1v) is 11.7. The van der Waals surface area contributed by atoms with E-state index in [1.807, 2.05) is 66.4 Å². The van der Waals surface area contributed by atoms with Crippen LogP contribution >= 0.6 is 0 Å². The second-order valence-corrected chi connectivity index (χ2v) is 8.61. The summed E-state index contributed by atoms with van der Waals surface area (Å²) >= 11 is 0. The molecule has 35 heavy (non-hydrogen) atoms. The second kappa shape index (κ2) is 9.33. The van der Waals surface area contributed by atoms with Gasteiger partial charge >= 0.3 is 0 Å². The lowest BCUT2D eigenvalue weighted by Gasteiger charge is -2.45. The number of fused-ring (bicyclic) bond motifs is 4. The van der Waals surface area contributed by atoms with Crippen molar-refractivity contribution < 1.29 is 23.8 Å². The van der Waals surface area contributed by atoms with Gasteiger partial charge in [0.25, 0.3) is 5.91 Å². The molecule has 2 atom stereocenters. The van der Waals surface area contributed by atoms with Gasteiger partial charge in [-0.3, -0.25) is 9.59 Å². The third kappa shape index (κ3) is 3.97. The fourth-order valence-electron chi connectivity index (χ4n) is 5.16. The van der Waals surface area contributed by atoms with Crippen LogP contribution in [-0.2, 0) is 11.2 Å². The highest BCUT2D eigenvalue weighted by molar-refractivity contribution is 6.04. The van der Waals surface area contributed by atoms with Crippen molar-refractivity contribution in [3.8, 4) is 17.2 Å². The maximum Gasteiger partial charge on any atom is 0.254 e. The molecule has 0 aliphatic carbocycles. The SMILES string of the molecule is CCOc1ccc(NC(=O)[C@H]2c3ccccc3C(=O)N3CCc4cc(OC)c(OC)cc4[C@H]23)cc1. The molecule has 7 heteroatoms. The van der Waals surface area contributed by atoms with Crippen molar-refractivity contribution in [3.63, 3.8) is 0 Å². The lowest BCUT2D eigenvalue weighted by atomic mass is 9.75. The Labute approximate surface area is 204 Å².